The highest BCUT2D eigenvalue weighted by Crippen LogP contribution is 2.25. The van der Waals surface area contributed by atoms with Crippen molar-refractivity contribution < 1.29 is 0 Å². The second-order valence-electron chi connectivity index (χ2n) is 5.16. The monoisotopic (exact) mass is 214 g/mol. The molecule has 0 saturated carbocycles. The van der Waals surface area contributed by atoms with Gasteiger partial charge in [0.15, 0.2) is 0 Å². The van der Waals surface area contributed by atoms with E-state index in [1.807, 2.05) is 10.9 Å². The molecule has 2 heteroatoms. The zero-order chi connectivity index (χ0) is 11.8. The van der Waals surface area contributed by atoms with Crippen LogP contribution in [0.15, 0.2) is 36.5 Å². The van der Waals surface area contributed by atoms with Crippen LogP contribution in [0.2, 0.25) is 0 Å². The Labute approximate surface area is 96.9 Å². The van der Waals surface area contributed by atoms with Crippen molar-refractivity contribution in [3.63, 3.8) is 0 Å². The van der Waals surface area contributed by atoms with E-state index < -0.39 is 0 Å². The van der Waals surface area contributed by atoms with E-state index in [-0.39, 0.29) is 5.41 Å². The Morgan fingerprint density at radius 1 is 1.06 bits per heavy atom. The summed E-state index contributed by atoms with van der Waals surface area (Å²) >= 11 is 0. The van der Waals surface area contributed by atoms with E-state index in [0.717, 1.165) is 5.69 Å². The minimum atomic E-state index is 0.110. The van der Waals surface area contributed by atoms with Crippen LogP contribution in [0.5, 0.6) is 0 Å². The fourth-order valence-corrected chi connectivity index (χ4v) is 1.86. The summed E-state index contributed by atoms with van der Waals surface area (Å²) in [5, 5.41) is 4.43. The van der Waals surface area contributed by atoms with Gasteiger partial charge >= 0.3 is 0 Å². The third kappa shape index (κ3) is 1.87. The van der Waals surface area contributed by atoms with Gasteiger partial charge in [0.2, 0.25) is 0 Å². The van der Waals surface area contributed by atoms with Gasteiger partial charge in [0, 0.05) is 17.3 Å². The SMILES string of the molecule is Cc1ccccc1-n1nccc1C(C)(C)C. The van der Waals surface area contributed by atoms with Crippen LogP contribution in [0.1, 0.15) is 32.0 Å². The van der Waals surface area contributed by atoms with Gasteiger partial charge in [-0.1, -0.05) is 39.0 Å². The van der Waals surface area contributed by atoms with Gasteiger partial charge in [-0.25, -0.2) is 4.68 Å². The molecular formula is C14H18N2. The molecule has 0 atom stereocenters. The highest BCUT2D eigenvalue weighted by Gasteiger charge is 2.19. The molecule has 1 aromatic heterocycles. The van der Waals surface area contributed by atoms with Crippen LogP contribution in [-0.2, 0) is 5.41 Å². The molecule has 0 spiro atoms. The van der Waals surface area contributed by atoms with E-state index in [1.165, 1.54) is 11.3 Å². The molecule has 0 bridgehead atoms. The lowest BCUT2D eigenvalue weighted by atomic mass is 9.92. The lowest BCUT2D eigenvalue weighted by Crippen LogP contribution is -2.17. The predicted octanol–water partition coefficient (Wildman–Crippen LogP) is 3.48. The van der Waals surface area contributed by atoms with Crippen LogP contribution in [0.25, 0.3) is 5.69 Å². The normalized spacial score (nSPS) is 11.8. The summed E-state index contributed by atoms with van der Waals surface area (Å²) in [7, 11) is 0. The Bertz CT molecular complexity index is 489. The van der Waals surface area contributed by atoms with E-state index >= 15 is 0 Å². The van der Waals surface area contributed by atoms with Crippen molar-refractivity contribution in [3.8, 4) is 5.69 Å². The first kappa shape index (κ1) is 10.9. The van der Waals surface area contributed by atoms with Crippen LogP contribution < -0.4 is 0 Å². The second kappa shape index (κ2) is 3.78. The first-order chi connectivity index (χ1) is 7.50. The molecule has 2 nitrogen and oxygen atoms in total. The molecule has 0 N–H and O–H groups in total. The number of aryl methyl sites for hydroxylation is 1. The summed E-state index contributed by atoms with van der Waals surface area (Å²) in [6, 6.07) is 10.4. The lowest BCUT2D eigenvalue weighted by Gasteiger charge is -2.21. The molecule has 1 heterocycles. The molecule has 2 rings (SSSR count). The van der Waals surface area contributed by atoms with Gasteiger partial charge < -0.3 is 0 Å². The maximum absolute atomic E-state index is 4.43. The Balaban J connectivity index is 2.58. The molecule has 0 saturated heterocycles. The van der Waals surface area contributed by atoms with Crippen molar-refractivity contribution in [1.82, 2.24) is 9.78 Å². The standard InChI is InChI=1S/C14H18N2/c1-11-7-5-6-8-12(11)16-13(9-10-15-16)14(2,3)4/h5-10H,1-4H3. The number of hydrogen-bond acceptors (Lipinski definition) is 1. The summed E-state index contributed by atoms with van der Waals surface area (Å²) in [5.41, 5.74) is 3.76. The van der Waals surface area contributed by atoms with E-state index in [0.29, 0.717) is 0 Å². The Hall–Kier alpha value is -1.57. The van der Waals surface area contributed by atoms with Gasteiger partial charge in [-0.2, -0.15) is 5.10 Å². The highest BCUT2D eigenvalue weighted by molar-refractivity contribution is 5.41. The van der Waals surface area contributed by atoms with Crippen molar-refractivity contribution in [1.29, 1.82) is 0 Å². The quantitative estimate of drug-likeness (QED) is 0.710. The first-order valence-corrected chi connectivity index (χ1v) is 5.60. The van der Waals surface area contributed by atoms with Crippen molar-refractivity contribution >= 4 is 0 Å². The number of para-hydroxylation sites is 1. The molecular weight excluding hydrogens is 196 g/mol. The van der Waals surface area contributed by atoms with E-state index in [9.17, 15) is 0 Å². The molecule has 0 unspecified atom stereocenters. The average molecular weight is 214 g/mol. The number of nitrogens with zero attached hydrogens (tertiary/aromatic N) is 2. The number of benzene rings is 1. The lowest BCUT2D eigenvalue weighted by molar-refractivity contribution is 0.543. The number of aromatic nitrogens is 2. The van der Waals surface area contributed by atoms with Gasteiger partial charge in [0.05, 0.1) is 5.69 Å². The summed E-state index contributed by atoms with van der Waals surface area (Å²) < 4.78 is 2.04. The fraction of sp³-hybridized carbons (Fsp3) is 0.357. The molecule has 84 valence electrons. The fourth-order valence-electron chi connectivity index (χ4n) is 1.86. The summed E-state index contributed by atoms with van der Waals surface area (Å²) in [6.45, 7) is 8.74. The summed E-state index contributed by atoms with van der Waals surface area (Å²) in [6.07, 6.45) is 1.87. The topological polar surface area (TPSA) is 17.8 Å². The Morgan fingerprint density at radius 3 is 2.38 bits per heavy atom. The minimum absolute atomic E-state index is 0.110. The largest absolute Gasteiger partial charge is 0.237 e. The average Bonchev–Trinajstić information content (AvgIpc) is 2.66. The van der Waals surface area contributed by atoms with Crippen molar-refractivity contribution in [2.24, 2.45) is 0 Å². The Kier molecular flexibility index (Phi) is 2.58. The molecule has 0 aliphatic rings. The van der Waals surface area contributed by atoms with Gasteiger partial charge in [0.1, 0.15) is 0 Å². The zero-order valence-corrected chi connectivity index (χ0v) is 10.4. The molecule has 0 amide bonds. The maximum atomic E-state index is 4.43. The van der Waals surface area contributed by atoms with Gasteiger partial charge in [-0.05, 0) is 24.6 Å². The van der Waals surface area contributed by atoms with Crippen LogP contribution in [0, 0.1) is 6.92 Å². The first-order valence-electron chi connectivity index (χ1n) is 5.60. The van der Waals surface area contributed by atoms with Crippen molar-refractivity contribution in [3.05, 3.63) is 47.8 Å². The number of rotatable bonds is 1. The maximum Gasteiger partial charge on any atom is 0.0678 e. The second-order valence-corrected chi connectivity index (χ2v) is 5.16. The molecule has 0 fully saturated rings. The van der Waals surface area contributed by atoms with E-state index in [1.54, 1.807) is 0 Å². The third-order valence-electron chi connectivity index (χ3n) is 2.75. The molecule has 16 heavy (non-hydrogen) atoms. The molecule has 0 radical (unpaired) electrons. The summed E-state index contributed by atoms with van der Waals surface area (Å²) in [5.74, 6) is 0. The molecule has 1 aromatic carbocycles. The summed E-state index contributed by atoms with van der Waals surface area (Å²) in [4.78, 5) is 0. The molecule has 2 aromatic rings. The van der Waals surface area contributed by atoms with Gasteiger partial charge in [-0.15, -0.1) is 0 Å². The van der Waals surface area contributed by atoms with Crippen LogP contribution in [-0.4, -0.2) is 9.78 Å². The van der Waals surface area contributed by atoms with Crippen molar-refractivity contribution in [2.45, 2.75) is 33.1 Å². The van der Waals surface area contributed by atoms with E-state index in [2.05, 4.69) is 63.1 Å². The van der Waals surface area contributed by atoms with Crippen LogP contribution >= 0.6 is 0 Å². The van der Waals surface area contributed by atoms with E-state index in [4.69, 9.17) is 0 Å². The van der Waals surface area contributed by atoms with Crippen molar-refractivity contribution in [2.75, 3.05) is 0 Å². The van der Waals surface area contributed by atoms with Gasteiger partial charge in [0.25, 0.3) is 0 Å². The van der Waals surface area contributed by atoms with Crippen LogP contribution in [0.4, 0.5) is 0 Å². The van der Waals surface area contributed by atoms with Crippen LogP contribution in [0.3, 0.4) is 0 Å². The zero-order valence-electron chi connectivity index (χ0n) is 10.4. The number of hydrogen-bond donors (Lipinski definition) is 0. The smallest absolute Gasteiger partial charge is 0.0678 e. The highest BCUT2D eigenvalue weighted by atomic mass is 15.3. The minimum Gasteiger partial charge on any atom is -0.237 e. The van der Waals surface area contributed by atoms with Gasteiger partial charge in [-0.3, -0.25) is 0 Å². The third-order valence-corrected chi connectivity index (χ3v) is 2.75. The molecule has 0 aliphatic heterocycles. The Morgan fingerprint density at radius 2 is 1.75 bits per heavy atom. The molecule has 0 aliphatic carbocycles. The predicted molar refractivity (Wildman–Crippen MR) is 67.0 cm³/mol.